The van der Waals surface area contributed by atoms with Gasteiger partial charge in [-0.25, -0.2) is 4.98 Å². The zero-order valence-electron chi connectivity index (χ0n) is 15.5. The van der Waals surface area contributed by atoms with Gasteiger partial charge in [0.1, 0.15) is 0 Å². The zero-order chi connectivity index (χ0) is 20.6. The quantitative estimate of drug-likeness (QED) is 0.524. The van der Waals surface area contributed by atoms with E-state index in [4.69, 9.17) is 23.2 Å². The van der Waals surface area contributed by atoms with Gasteiger partial charge in [-0.2, -0.15) is 0 Å². The number of amides is 2. The van der Waals surface area contributed by atoms with E-state index in [1.54, 1.807) is 18.3 Å². The minimum absolute atomic E-state index is 0.111. The lowest BCUT2D eigenvalue weighted by atomic mass is 10.1. The lowest BCUT2D eigenvalue weighted by molar-refractivity contribution is -0.120. The summed E-state index contributed by atoms with van der Waals surface area (Å²) in [6.07, 6.45) is 2.80. The van der Waals surface area contributed by atoms with Gasteiger partial charge in [0.05, 0.1) is 6.42 Å². The highest BCUT2D eigenvalue weighted by atomic mass is 35.5. The van der Waals surface area contributed by atoms with Gasteiger partial charge in [0.15, 0.2) is 5.13 Å². The van der Waals surface area contributed by atoms with Crippen LogP contribution in [-0.4, -0.2) is 23.3 Å². The fraction of sp³-hybridized carbons (Fsp3) is 0.190. The topological polar surface area (TPSA) is 71.1 Å². The van der Waals surface area contributed by atoms with Crippen molar-refractivity contribution in [3.8, 4) is 0 Å². The van der Waals surface area contributed by atoms with Crippen LogP contribution in [0.1, 0.15) is 22.4 Å². The molecule has 0 fully saturated rings. The number of nitrogens with one attached hydrogen (secondary N) is 2. The molecule has 3 rings (SSSR count). The zero-order valence-corrected chi connectivity index (χ0v) is 17.8. The number of carbonyl (C=O) groups is 2. The summed E-state index contributed by atoms with van der Waals surface area (Å²) in [4.78, 5) is 29.2. The molecular weight excluding hydrogens is 429 g/mol. The first-order valence-corrected chi connectivity index (χ1v) is 10.6. The van der Waals surface area contributed by atoms with Gasteiger partial charge in [-0.1, -0.05) is 59.6 Å². The van der Waals surface area contributed by atoms with Crippen molar-refractivity contribution >= 4 is 51.5 Å². The number of hydrogen-bond donors (Lipinski definition) is 2. The van der Waals surface area contributed by atoms with Crippen molar-refractivity contribution in [1.82, 2.24) is 10.3 Å². The van der Waals surface area contributed by atoms with Crippen molar-refractivity contribution in [2.75, 3.05) is 11.9 Å². The first-order valence-electron chi connectivity index (χ1n) is 8.98. The molecule has 0 radical (unpaired) electrons. The van der Waals surface area contributed by atoms with E-state index in [-0.39, 0.29) is 24.8 Å². The summed E-state index contributed by atoms with van der Waals surface area (Å²) >= 11 is 13.5. The molecule has 5 nitrogen and oxygen atoms in total. The van der Waals surface area contributed by atoms with Gasteiger partial charge in [-0.3, -0.25) is 9.59 Å². The lowest BCUT2D eigenvalue weighted by Gasteiger charge is -2.05. The SMILES string of the molecule is O=C(Cc1ccccc1)NCCC(=O)Nc1ncc(Cc2ccc(Cl)cc2Cl)s1. The average molecular weight is 448 g/mol. The molecule has 1 aromatic heterocycles. The van der Waals surface area contributed by atoms with E-state index in [2.05, 4.69) is 15.6 Å². The molecule has 2 amide bonds. The number of anilines is 1. The summed E-state index contributed by atoms with van der Waals surface area (Å²) in [5.74, 6) is -0.309. The molecule has 0 saturated heterocycles. The molecule has 2 aromatic carbocycles. The summed E-state index contributed by atoms with van der Waals surface area (Å²) < 4.78 is 0. The highest BCUT2D eigenvalue weighted by Crippen LogP contribution is 2.26. The molecule has 0 aliphatic heterocycles. The van der Waals surface area contributed by atoms with Crippen molar-refractivity contribution in [2.45, 2.75) is 19.3 Å². The summed E-state index contributed by atoms with van der Waals surface area (Å²) in [6, 6.07) is 14.8. The molecule has 0 spiro atoms. The molecule has 0 bridgehead atoms. The number of thiazole rings is 1. The van der Waals surface area contributed by atoms with Crippen LogP contribution in [0.5, 0.6) is 0 Å². The molecule has 1 heterocycles. The molecular formula is C21H19Cl2N3O2S. The molecule has 0 aliphatic rings. The van der Waals surface area contributed by atoms with E-state index in [1.165, 1.54) is 11.3 Å². The average Bonchev–Trinajstić information content (AvgIpc) is 3.11. The third kappa shape index (κ3) is 6.85. The van der Waals surface area contributed by atoms with Crippen LogP contribution >= 0.6 is 34.5 Å². The van der Waals surface area contributed by atoms with Gasteiger partial charge in [-0.05, 0) is 23.3 Å². The van der Waals surface area contributed by atoms with Crippen LogP contribution in [0.4, 0.5) is 5.13 Å². The van der Waals surface area contributed by atoms with Gasteiger partial charge in [0, 0.05) is 40.5 Å². The summed E-state index contributed by atoms with van der Waals surface area (Å²) in [5.41, 5.74) is 1.88. The van der Waals surface area contributed by atoms with Gasteiger partial charge in [-0.15, -0.1) is 11.3 Å². The monoisotopic (exact) mass is 447 g/mol. The molecule has 2 N–H and O–H groups in total. The van der Waals surface area contributed by atoms with E-state index in [1.807, 2.05) is 36.4 Å². The molecule has 0 saturated carbocycles. The van der Waals surface area contributed by atoms with Crippen LogP contribution in [0, 0.1) is 0 Å². The highest BCUT2D eigenvalue weighted by Gasteiger charge is 2.10. The predicted molar refractivity (Wildman–Crippen MR) is 118 cm³/mol. The van der Waals surface area contributed by atoms with Gasteiger partial charge in [0.25, 0.3) is 0 Å². The Labute approximate surface area is 183 Å². The maximum absolute atomic E-state index is 12.1. The molecule has 0 unspecified atom stereocenters. The maximum atomic E-state index is 12.1. The van der Waals surface area contributed by atoms with E-state index < -0.39 is 0 Å². The van der Waals surface area contributed by atoms with Gasteiger partial charge < -0.3 is 10.6 Å². The van der Waals surface area contributed by atoms with E-state index in [0.29, 0.717) is 28.0 Å². The van der Waals surface area contributed by atoms with Crippen LogP contribution in [0.3, 0.4) is 0 Å². The van der Waals surface area contributed by atoms with Gasteiger partial charge in [0.2, 0.25) is 11.8 Å². The third-order valence-electron chi connectivity index (χ3n) is 4.06. The van der Waals surface area contributed by atoms with Gasteiger partial charge >= 0.3 is 0 Å². The van der Waals surface area contributed by atoms with Crippen LogP contribution in [0.15, 0.2) is 54.7 Å². The van der Waals surface area contributed by atoms with Crippen LogP contribution in [0.2, 0.25) is 10.0 Å². The van der Waals surface area contributed by atoms with Crippen molar-refractivity contribution < 1.29 is 9.59 Å². The lowest BCUT2D eigenvalue weighted by Crippen LogP contribution is -2.28. The maximum Gasteiger partial charge on any atom is 0.227 e. The van der Waals surface area contributed by atoms with Crippen molar-refractivity contribution in [1.29, 1.82) is 0 Å². The number of rotatable bonds is 8. The second-order valence-corrected chi connectivity index (χ2v) is 8.31. The van der Waals surface area contributed by atoms with Crippen molar-refractivity contribution in [3.05, 3.63) is 80.8 Å². The minimum atomic E-state index is -0.199. The fourth-order valence-electron chi connectivity index (χ4n) is 2.64. The second kappa shape index (κ2) is 10.4. The predicted octanol–water partition coefficient (Wildman–Crippen LogP) is 4.73. The van der Waals surface area contributed by atoms with E-state index in [0.717, 1.165) is 16.0 Å². The Kier molecular flexibility index (Phi) is 7.63. The molecule has 0 atom stereocenters. The number of benzene rings is 2. The molecule has 29 heavy (non-hydrogen) atoms. The summed E-state index contributed by atoms with van der Waals surface area (Å²) in [5, 5.41) is 7.22. The molecule has 0 aliphatic carbocycles. The first-order chi connectivity index (χ1) is 14.0. The number of carbonyl (C=O) groups excluding carboxylic acids is 2. The Morgan fingerprint density at radius 2 is 1.83 bits per heavy atom. The first kappa shape index (κ1) is 21.3. The number of hydrogen-bond acceptors (Lipinski definition) is 4. The Balaban J connectivity index is 1.42. The molecule has 3 aromatic rings. The normalized spacial score (nSPS) is 10.6. The number of nitrogens with zero attached hydrogens (tertiary/aromatic N) is 1. The minimum Gasteiger partial charge on any atom is -0.355 e. The largest absolute Gasteiger partial charge is 0.355 e. The van der Waals surface area contributed by atoms with Crippen LogP contribution in [-0.2, 0) is 22.4 Å². The molecule has 8 heteroatoms. The smallest absolute Gasteiger partial charge is 0.227 e. The van der Waals surface area contributed by atoms with E-state index >= 15 is 0 Å². The van der Waals surface area contributed by atoms with Crippen LogP contribution < -0.4 is 10.6 Å². The Morgan fingerprint density at radius 1 is 1.03 bits per heavy atom. The standard InChI is InChI=1S/C21H19Cl2N3O2S/c22-16-7-6-15(18(23)12-16)11-17-13-25-21(29-17)26-19(27)8-9-24-20(28)10-14-4-2-1-3-5-14/h1-7,12-13H,8-11H2,(H,24,28)(H,25,26,27). The highest BCUT2D eigenvalue weighted by molar-refractivity contribution is 7.15. The summed E-state index contributed by atoms with van der Waals surface area (Å²) in [6.45, 7) is 0.274. The van der Waals surface area contributed by atoms with Crippen LogP contribution in [0.25, 0.3) is 0 Å². The number of halogens is 2. The Bertz CT molecular complexity index is 993. The Hall–Kier alpha value is -2.41. The third-order valence-corrected chi connectivity index (χ3v) is 5.56. The Morgan fingerprint density at radius 3 is 2.59 bits per heavy atom. The molecule has 150 valence electrons. The second-order valence-electron chi connectivity index (χ2n) is 6.35. The van der Waals surface area contributed by atoms with E-state index in [9.17, 15) is 9.59 Å². The van der Waals surface area contributed by atoms with Crippen molar-refractivity contribution in [2.24, 2.45) is 0 Å². The summed E-state index contributed by atoms with van der Waals surface area (Å²) in [7, 11) is 0. The van der Waals surface area contributed by atoms with Crippen molar-refractivity contribution in [3.63, 3.8) is 0 Å². The fourth-order valence-corrected chi connectivity index (χ4v) is 3.97. The number of aromatic nitrogens is 1.